The van der Waals surface area contributed by atoms with Gasteiger partial charge in [-0.25, -0.2) is 8.78 Å². The molecule has 0 bridgehead atoms. The van der Waals surface area contributed by atoms with Crippen LogP contribution in [0.2, 0.25) is 0 Å². The molecule has 1 nitrogen and oxygen atoms in total. The van der Waals surface area contributed by atoms with Crippen molar-refractivity contribution in [3.63, 3.8) is 0 Å². The van der Waals surface area contributed by atoms with Gasteiger partial charge >= 0.3 is 0 Å². The summed E-state index contributed by atoms with van der Waals surface area (Å²) in [5.74, 6) is -2.95. The molecule has 1 aliphatic rings. The third-order valence-electron chi connectivity index (χ3n) is 2.89. The second kappa shape index (κ2) is 3.29. The summed E-state index contributed by atoms with van der Waals surface area (Å²) < 4.78 is 26.4. The average molecular weight is 177 g/mol. The first-order chi connectivity index (χ1) is 5.47. The number of alkyl halides is 2. The van der Waals surface area contributed by atoms with Gasteiger partial charge < -0.3 is 4.90 Å². The van der Waals surface area contributed by atoms with E-state index in [1.165, 1.54) is 0 Å². The Bertz CT molecular complexity index is 159. The third kappa shape index (κ3) is 1.76. The monoisotopic (exact) mass is 177 g/mol. The van der Waals surface area contributed by atoms with Crippen LogP contribution in [-0.4, -0.2) is 30.5 Å². The predicted octanol–water partition coefficient (Wildman–Crippen LogP) is 2.37. The molecule has 3 heteroatoms. The van der Waals surface area contributed by atoms with Gasteiger partial charge in [-0.3, -0.25) is 0 Å². The van der Waals surface area contributed by atoms with E-state index in [0.717, 1.165) is 6.42 Å². The topological polar surface area (TPSA) is 3.24 Å². The lowest BCUT2D eigenvalue weighted by molar-refractivity contribution is -0.114. The molecule has 0 aromatic heterocycles. The van der Waals surface area contributed by atoms with Crippen LogP contribution in [0.1, 0.15) is 26.7 Å². The van der Waals surface area contributed by atoms with Gasteiger partial charge in [0.05, 0.1) is 0 Å². The van der Waals surface area contributed by atoms with E-state index in [2.05, 4.69) is 0 Å². The van der Waals surface area contributed by atoms with Gasteiger partial charge in [0, 0.05) is 24.9 Å². The number of likely N-dealkylation sites (tertiary alicyclic amines) is 1. The summed E-state index contributed by atoms with van der Waals surface area (Å²) in [5, 5.41) is 0. The number of rotatable bonds is 1. The molecule has 12 heavy (non-hydrogen) atoms. The lowest BCUT2D eigenvalue weighted by atomic mass is 9.89. The summed E-state index contributed by atoms with van der Waals surface area (Å²) in [5.41, 5.74) is 0. The smallest absolute Gasteiger partial charge is 0.253 e. The number of halogens is 2. The highest BCUT2D eigenvalue weighted by molar-refractivity contribution is 4.88. The second-order valence-electron chi connectivity index (χ2n) is 3.87. The molecule has 1 fully saturated rings. The molecule has 2 unspecified atom stereocenters. The number of piperidine rings is 1. The molecule has 0 N–H and O–H groups in total. The lowest BCUT2D eigenvalue weighted by Gasteiger charge is -2.40. The van der Waals surface area contributed by atoms with Crippen molar-refractivity contribution >= 4 is 0 Å². The molecular formula is C9H17F2N. The fourth-order valence-electron chi connectivity index (χ4n) is 1.84. The van der Waals surface area contributed by atoms with Crippen LogP contribution < -0.4 is 0 Å². The van der Waals surface area contributed by atoms with Crippen LogP contribution in [-0.2, 0) is 0 Å². The summed E-state index contributed by atoms with van der Waals surface area (Å²) in [6.07, 6.45) is 0.847. The van der Waals surface area contributed by atoms with E-state index < -0.39 is 11.8 Å². The van der Waals surface area contributed by atoms with Crippen molar-refractivity contribution in [3.8, 4) is 0 Å². The molecule has 1 saturated heterocycles. The minimum atomic E-state index is -2.45. The van der Waals surface area contributed by atoms with E-state index in [0.29, 0.717) is 6.54 Å². The van der Waals surface area contributed by atoms with E-state index in [-0.39, 0.29) is 12.5 Å². The summed E-state index contributed by atoms with van der Waals surface area (Å²) in [6.45, 7) is 4.11. The standard InChI is InChI=1S/C9H17F2N/c1-4-8-5-9(10,11)7(2)6-12(8)3/h7-8H,4-6H2,1-3H3. The summed E-state index contributed by atoms with van der Waals surface area (Å²) in [4.78, 5) is 2.04. The molecular weight excluding hydrogens is 160 g/mol. The Morgan fingerprint density at radius 2 is 2.08 bits per heavy atom. The van der Waals surface area contributed by atoms with Crippen molar-refractivity contribution in [1.82, 2.24) is 4.90 Å². The summed E-state index contributed by atoms with van der Waals surface area (Å²) in [7, 11) is 1.93. The Kier molecular flexibility index (Phi) is 2.71. The Balaban J connectivity index is 2.63. The Morgan fingerprint density at radius 3 is 2.58 bits per heavy atom. The van der Waals surface area contributed by atoms with Crippen molar-refractivity contribution in [2.24, 2.45) is 5.92 Å². The fraction of sp³-hybridized carbons (Fsp3) is 1.00. The minimum absolute atomic E-state index is 0.0289. The lowest BCUT2D eigenvalue weighted by Crippen LogP contribution is -2.49. The van der Waals surface area contributed by atoms with Crippen LogP contribution in [0.5, 0.6) is 0 Å². The van der Waals surface area contributed by atoms with Crippen LogP contribution >= 0.6 is 0 Å². The second-order valence-corrected chi connectivity index (χ2v) is 3.87. The molecule has 0 radical (unpaired) electrons. The predicted molar refractivity (Wildman–Crippen MR) is 45.4 cm³/mol. The van der Waals surface area contributed by atoms with Crippen LogP contribution in [0.15, 0.2) is 0 Å². The Hall–Kier alpha value is -0.180. The van der Waals surface area contributed by atoms with Crippen LogP contribution in [0.4, 0.5) is 8.78 Å². The maximum Gasteiger partial charge on any atom is 0.253 e. The molecule has 1 aliphatic heterocycles. The van der Waals surface area contributed by atoms with E-state index in [1.807, 2.05) is 18.9 Å². The minimum Gasteiger partial charge on any atom is -0.303 e. The number of nitrogens with zero attached hydrogens (tertiary/aromatic N) is 1. The fourth-order valence-corrected chi connectivity index (χ4v) is 1.84. The highest BCUT2D eigenvalue weighted by atomic mass is 19.3. The third-order valence-corrected chi connectivity index (χ3v) is 2.89. The SMILES string of the molecule is CCC1CC(F)(F)C(C)CN1C. The molecule has 1 rings (SSSR count). The van der Waals surface area contributed by atoms with Gasteiger partial charge in [-0.05, 0) is 13.5 Å². The molecule has 0 saturated carbocycles. The van der Waals surface area contributed by atoms with Gasteiger partial charge in [-0.15, -0.1) is 0 Å². The molecule has 72 valence electrons. The van der Waals surface area contributed by atoms with Gasteiger partial charge in [0.25, 0.3) is 5.92 Å². The van der Waals surface area contributed by atoms with Crippen molar-refractivity contribution in [2.45, 2.75) is 38.7 Å². The first-order valence-corrected chi connectivity index (χ1v) is 4.55. The summed E-state index contributed by atoms with van der Waals surface area (Å²) in [6, 6.07) is 0.0659. The van der Waals surface area contributed by atoms with Crippen molar-refractivity contribution in [3.05, 3.63) is 0 Å². The number of hydrogen-bond donors (Lipinski definition) is 0. The highest BCUT2D eigenvalue weighted by Crippen LogP contribution is 2.36. The molecule has 0 aliphatic carbocycles. The van der Waals surface area contributed by atoms with Gasteiger partial charge in [0.15, 0.2) is 0 Å². The van der Waals surface area contributed by atoms with Crippen molar-refractivity contribution in [2.75, 3.05) is 13.6 Å². The first-order valence-electron chi connectivity index (χ1n) is 4.55. The van der Waals surface area contributed by atoms with Gasteiger partial charge in [-0.1, -0.05) is 13.8 Å². The van der Waals surface area contributed by atoms with Gasteiger partial charge in [0.1, 0.15) is 0 Å². The van der Waals surface area contributed by atoms with Crippen molar-refractivity contribution in [1.29, 1.82) is 0 Å². The highest BCUT2D eigenvalue weighted by Gasteiger charge is 2.43. The number of hydrogen-bond acceptors (Lipinski definition) is 1. The Morgan fingerprint density at radius 1 is 1.50 bits per heavy atom. The molecule has 0 aromatic rings. The first kappa shape index (κ1) is 9.90. The average Bonchev–Trinajstić information content (AvgIpc) is 1.97. The summed E-state index contributed by atoms with van der Waals surface area (Å²) >= 11 is 0. The van der Waals surface area contributed by atoms with E-state index in [4.69, 9.17) is 0 Å². The van der Waals surface area contributed by atoms with E-state index in [1.54, 1.807) is 6.92 Å². The largest absolute Gasteiger partial charge is 0.303 e. The Labute approximate surface area is 72.7 Å². The zero-order valence-corrected chi connectivity index (χ0v) is 7.98. The van der Waals surface area contributed by atoms with Crippen molar-refractivity contribution < 1.29 is 8.78 Å². The van der Waals surface area contributed by atoms with Gasteiger partial charge in [-0.2, -0.15) is 0 Å². The molecule has 0 spiro atoms. The molecule has 0 aromatic carbocycles. The normalized spacial score (nSPS) is 36.8. The molecule has 1 heterocycles. The quantitative estimate of drug-likeness (QED) is 0.594. The maximum atomic E-state index is 13.2. The van der Waals surface area contributed by atoms with Gasteiger partial charge in [0.2, 0.25) is 0 Å². The van der Waals surface area contributed by atoms with E-state index in [9.17, 15) is 8.78 Å². The van der Waals surface area contributed by atoms with Crippen LogP contribution in [0, 0.1) is 5.92 Å². The molecule has 0 amide bonds. The molecule has 2 atom stereocenters. The maximum absolute atomic E-state index is 13.2. The van der Waals surface area contributed by atoms with Crippen LogP contribution in [0.25, 0.3) is 0 Å². The van der Waals surface area contributed by atoms with E-state index >= 15 is 0 Å². The zero-order chi connectivity index (χ0) is 9.35. The van der Waals surface area contributed by atoms with Crippen LogP contribution in [0.3, 0.4) is 0 Å². The zero-order valence-electron chi connectivity index (χ0n) is 7.98.